The molecular weight excluding hydrogens is 252 g/mol. The van der Waals surface area contributed by atoms with E-state index < -0.39 is 6.10 Å². The summed E-state index contributed by atoms with van der Waals surface area (Å²) in [6, 6.07) is 5.90. The van der Waals surface area contributed by atoms with Crippen LogP contribution in [0.4, 0.5) is 0 Å². The molecule has 2 atom stereocenters. The van der Waals surface area contributed by atoms with Crippen molar-refractivity contribution in [1.82, 2.24) is 0 Å². The summed E-state index contributed by atoms with van der Waals surface area (Å²) in [5, 5.41) is 10.4. The van der Waals surface area contributed by atoms with Gasteiger partial charge in [0.2, 0.25) is 0 Å². The highest BCUT2D eigenvalue weighted by Crippen LogP contribution is 2.33. The van der Waals surface area contributed by atoms with Crippen LogP contribution in [-0.2, 0) is 11.2 Å². The molecule has 0 radical (unpaired) electrons. The van der Waals surface area contributed by atoms with Gasteiger partial charge in [-0.25, -0.2) is 0 Å². The standard InChI is InChI=1S/C17H26O3/c1-3-4-5-6-11-20-16-10-7-13-12-14(19-2)8-9-15(13)17(16)18/h8-9,12,16-18H,3-7,10-11H2,1-2H3. The number of rotatable bonds is 7. The molecule has 2 unspecified atom stereocenters. The Kier molecular flexibility index (Phi) is 5.86. The van der Waals surface area contributed by atoms with E-state index in [-0.39, 0.29) is 6.10 Å². The van der Waals surface area contributed by atoms with Gasteiger partial charge >= 0.3 is 0 Å². The van der Waals surface area contributed by atoms with Crippen molar-refractivity contribution in [1.29, 1.82) is 0 Å². The number of hydrogen-bond acceptors (Lipinski definition) is 3. The molecule has 3 heteroatoms. The summed E-state index contributed by atoms with van der Waals surface area (Å²) in [6.07, 6.45) is 6.08. The third-order valence-corrected chi connectivity index (χ3v) is 4.05. The summed E-state index contributed by atoms with van der Waals surface area (Å²) in [6.45, 7) is 2.96. The molecule has 0 amide bonds. The van der Waals surface area contributed by atoms with E-state index in [9.17, 15) is 5.11 Å². The van der Waals surface area contributed by atoms with E-state index in [2.05, 4.69) is 6.92 Å². The molecule has 0 spiro atoms. The number of aliphatic hydroxyl groups excluding tert-OH is 1. The first-order chi connectivity index (χ1) is 9.76. The Bertz CT molecular complexity index is 417. The second-order valence-corrected chi connectivity index (χ2v) is 5.52. The molecule has 0 saturated heterocycles. The first-order valence-electron chi connectivity index (χ1n) is 7.72. The predicted octanol–water partition coefficient (Wildman–Crippen LogP) is 3.64. The second kappa shape index (κ2) is 7.65. The van der Waals surface area contributed by atoms with Gasteiger partial charge in [-0.2, -0.15) is 0 Å². The number of aryl methyl sites for hydroxylation is 1. The van der Waals surface area contributed by atoms with Crippen LogP contribution < -0.4 is 4.74 Å². The molecule has 0 aliphatic heterocycles. The number of unbranched alkanes of at least 4 members (excludes halogenated alkanes) is 3. The number of methoxy groups -OCH3 is 1. The van der Waals surface area contributed by atoms with Gasteiger partial charge < -0.3 is 14.6 Å². The molecular formula is C17H26O3. The Balaban J connectivity index is 1.89. The van der Waals surface area contributed by atoms with E-state index >= 15 is 0 Å². The van der Waals surface area contributed by atoms with Crippen LogP contribution in [0.2, 0.25) is 0 Å². The predicted molar refractivity (Wildman–Crippen MR) is 80.2 cm³/mol. The van der Waals surface area contributed by atoms with Crippen molar-refractivity contribution in [3.05, 3.63) is 29.3 Å². The van der Waals surface area contributed by atoms with Crippen molar-refractivity contribution in [2.24, 2.45) is 0 Å². The third kappa shape index (κ3) is 3.74. The largest absolute Gasteiger partial charge is 0.497 e. The molecule has 2 rings (SSSR count). The maximum absolute atomic E-state index is 10.4. The zero-order valence-corrected chi connectivity index (χ0v) is 12.6. The van der Waals surface area contributed by atoms with Gasteiger partial charge in [0.05, 0.1) is 13.2 Å². The highest BCUT2D eigenvalue weighted by molar-refractivity contribution is 5.39. The van der Waals surface area contributed by atoms with E-state index in [1.807, 2.05) is 18.2 Å². The molecule has 0 aromatic heterocycles. The monoisotopic (exact) mass is 278 g/mol. The van der Waals surface area contributed by atoms with Gasteiger partial charge in [-0.05, 0) is 42.5 Å². The fourth-order valence-corrected chi connectivity index (χ4v) is 2.81. The maximum Gasteiger partial charge on any atom is 0.119 e. The smallest absolute Gasteiger partial charge is 0.119 e. The van der Waals surface area contributed by atoms with Gasteiger partial charge in [-0.15, -0.1) is 0 Å². The molecule has 1 N–H and O–H groups in total. The Hall–Kier alpha value is -1.06. The number of benzene rings is 1. The second-order valence-electron chi connectivity index (χ2n) is 5.52. The van der Waals surface area contributed by atoms with Crippen LogP contribution in [0.15, 0.2) is 18.2 Å². The van der Waals surface area contributed by atoms with Gasteiger partial charge in [0, 0.05) is 6.61 Å². The average molecular weight is 278 g/mol. The number of aliphatic hydroxyl groups is 1. The maximum atomic E-state index is 10.4. The molecule has 0 heterocycles. The van der Waals surface area contributed by atoms with Crippen LogP contribution in [0.3, 0.4) is 0 Å². The van der Waals surface area contributed by atoms with Crippen LogP contribution in [0.1, 0.15) is 56.3 Å². The molecule has 1 aliphatic carbocycles. The molecule has 20 heavy (non-hydrogen) atoms. The number of ether oxygens (including phenoxy) is 2. The molecule has 1 aliphatic rings. The van der Waals surface area contributed by atoms with Crippen LogP contribution in [0.25, 0.3) is 0 Å². The molecule has 1 aromatic rings. The molecule has 0 fully saturated rings. The Morgan fingerprint density at radius 1 is 1.25 bits per heavy atom. The summed E-state index contributed by atoms with van der Waals surface area (Å²) in [7, 11) is 1.67. The average Bonchev–Trinajstić information content (AvgIpc) is 2.48. The van der Waals surface area contributed by atoms with Crippen LogP contribution in [0.5, 0.6) is 5.75 Å². The zero-order valence-electron chi connectivity index (χ0n) is 12.6. The highest BCUT2D eigenvalue weighted by atomic mass is 16.5. The van der Waals surface area contributed by atoms with E-state index in [0.29, 0.717) is 0 Å². The van der Waals surface area contributed by atoms with Crippen molar-refractivity contribution in [2.75, 3.05) is 13.7 Å². The number of fused-ring (bicyclic) bond motifs is 1. The fourth-order valence-electron chi connectivity index (χ4n) is 2.81. The molecule has 1 aromatic carbocycles. The van der Waals surface area contributed by atoms with E-state index in [4.69, 9.17) is 9.47 Å². The van der Waals surface area contributed by atoms with Crippen molar-refractivity contribution in [3.8, 4) is 5.75 Å². The van der Waals surface area contributed by atoms with Crippen molar-refractivity contribution < 1.29 is 14.6 Å². The lowest BCUT2D eigenvalue weighted by Gasteiger charge is -2.30. The summed E-state index contributed by atoms with van der Waals surface area (Å²) in [4.78, 5) is 0. The van der Waals surface area contributed by atoms with E-state index in [1.165, 1.54) is 24.8 Å². The van der Waals surface area contributed by atoms with Gasteiger partial charge in [0.25, 0.3) is 0 Å². The van der Waals surface area contributed by atoms with Crippen molar-refractivity contribution >= 4 is 0 Å². The summed E-state index contributed by atoms with van der Waals surface area (Å²) < 4.78 is 11.1. The first kappa shape index (κ1) is 15.3. The summed E-state index contributed by atoms with van der Waals surface area (Å²) in [5.41, 5.74) is 2.18. The molecule has 3 nitrogen and oxygen atoms in total. The third-order valence-electron chi connectivity index (χ3n) is 4.05. The quantitative estimate of drug-likeness (QED) is 0.774. The normalized spacial score (nSPS) is 21.6. The molecule has 0 saturated carbocycles. The highest BCUT2D eigenvalue weighted by Gasteiger charge is 2.28. The lowest BCUT2D eigenvalue weighted by atomic mass is 9.87. The van der Waals surface area contributed by atoms with E-state index in [1.54, 1.807) is 7.11 Å². The molecule has 0 bridgehead atoms. The van der Waals surface area contributed by atoms with Crippen molar-refractivity contribution in [3.63, 3.8) is 0 Å². The van der Waals surface area contributed by atoms with Crippen LogP contribution >= 0.6 is 0 Å². The Morgan fingerprint density at radius 2 is 2.10 bits per heavy atom. The van der Waals surface area contributed by atoms with E-state index in [0.717, 1.165) is 37.2 Å². The van der Waals surface area contributed by atoms with Gasteiger partial charge in [-0.1, -0.05) is 32.3 Å². The summed E-state index contributed by atoms with van der Waals surface area (Å²) >= 11 is 0. The number of hydrogen-bond donors (Lipinski definition) is 1. The van der Waals surface area contributed by atoms with Gasteiger partial charge in [0.15, 0.2) is 0 Å². The SMILES string of the molecule is CCCCCCOC1CCc2cc(OC)ccc2C1O. The summed E-state index contributed by atoms with van der Waals surface area (Å²) in [5.74, 6) is 0.856. The first-order valence-corrected chi connectivity index (χ1v) is 7.72. The van der Waals surface area contributed by atoms with Crippen LogP contribution in [0, 0.1) is 0 Å². The minimum atomic E-state index is -0.504. The van der Waals surface area contributed by atoms with Crippen LogP contribution in [-0.4, -0.2) is 24.9 Å². The zero-order chi connectivity index (χ0) is 14.4. The lowest BCUT2D eigenvalue weighted by molar-refractivity contribution is -0.0493. The Morgan fingerprint density at radius 3 is 2.85 bits per heavy atom. The van der Waals surface area contributed by atoms with Crippen molar-refractivity contribution in [2.45, 2.75) is 57.7 Å². The Labute approximate surface area is 121 Å². The topological polar surface area (TPSA) is 38.7 Å². The fraction of sp³-hybridized carbons (Fsp3) is 0.647. The minimum Gasteiger partial charge on any atom is -0.497 e. The minimum absolute atomic E-state index is 0.0579. The molecule has 112 valence electrons. The van der Waals surface area contributed by atoms with Gasteiger partial charge in [-0.3, -0.25) is 0 Å². The van der Waals surface area contributed by atoms with Gasteiger partial charge in [0.1, 0.15) is 11.9 Å². The lowest BCUT2D eigenvalue weighted by Crippen LogP contribution is -2.28.